The van der Waals surface area contributed by atoms with Gasteiger partial charge in [0.25, 0.3) is 0 Å². The SMILES string of the molecule is N#Cc1cc(F)ccc1C=CCO. The Morgan fingerprint density at radius 1 is 1.54 bits per heavy atom. The fraction of sp³-hybridized carbons (Fsp3) is 0.100. The van der Waals surface area contributed by atoms with E-state index >= 15 is 0 Å². The van der Waals surface area contributed by atoms with Crippen molar-refractivity contribution in [1.82, 2.24) is 0 Å². The van der Waals surface area contributed by atoms with E-state index in [1.807, 2.05) is 6.07 Å². The molecule has 3 heteroatoms. The molecule has 1 N–H and O–H groups in total. The van der Waals surface area contributed by atoms with E-state index < -0.39 is 5.82 Å². The van der Waals surface area contributed by atoms with Gasteiger partial charge in [-0.2, -0.15) is 5.26 Å². The molecule has 0 spiro atoms. The van der Waals surface area contributed by atoms with Gasteiger partial charge in [0.15, 0.2) is 0 Å². The molecule has 0 fully saturated rings. The van der Waals surface area contributed by atoms with Gasteiger partial charge in [0.05, 0.1) is 18.2 Å². The molecule has 0 bridgehead atoms. The number of aliphatic hydroxyl groups excluding tert-OH is 1. The first kappa shape index (κ1) is 9.43. The number of halogens is 1. The van der Waals surface area contributed by atoms with E-state index in [2.05, 4.69) is 0 Å². The van der Waals surface area contributed by atoms with Crippen LogP contribution in [0.15, 0.2) is 24.3 Å². The Balaban J connectivity index is 3.08. The topological polar surface area (TPSA) is 44.0 Å². The van der Waals surface area contributed by atoms with Crippen LogP contribution < -0.4 is 0 Å². The molecule has 1 aromatic carbocycles. The Hall–Kier alpha value is -1.66. The van der Waals surface area contributed by atoms with Gasteiger partial charge in [0.2, 0.25) is 0 Å². The zero-order chi connectivity index (χ0) is 9.68. The molecule has 1 rings (SSSR count). The number of nitrogens with zero attached hydrogens (tertiary/aromatic N) is 1. The summed E-state index contributed by atoms with van der Waals surface area (Å²) >= 11 is 0. The number of hydrogen-bond acceptors (Lipinski definition) is 2. The summed E-state index contributed by atoms with van der Waals surface area (Å²) in [5.74, 6) is -0.433. The first-order valence-electron chi connectivity index (χ1n) is 3.75. The fourth-order valence-corrected chi connectivity index (χ4v) is 0.950. The summed E-state index contributed by atoms with van der Waals surface area (Å²) in [6, 6.07) is 5.81. The minimum absolute atomic E-state index is 0.0950. The second-order valence-corrected chi connectivity index (χ2v) is 2.43. The number of hydrogen-bond donors (Lipinski definition) is 1. The Morgan fingerprint density at radius 2 is 2.31 bits per heavy atom. The monoisotopic (exact) mass is 177 g/mol. The highest BCUT2D eigenvalue weighted by atomic mass is 19.1. The van der Waals surface area contributed by atoms with Crippen molar-refractivity contribution in [1.29, 1.82) is 5.26 Å². The Morgan fingerprint density at radius 3 is 2.92 bits per heavy atom. The van der Waals surface area contributed by atoms with Crippen LogP contribution in [0.4, 0.5) is 4.39 Å². The first-order valence-corrected chi connectivity index (χ1v) is 3.75. The number of aliphatic hydroxyl groups is 1. The van der Waals surface area contributed by atoms with Crippen molar-refractivity contribution in [3.8, 4) is 6.07 Å². The summed E-state index contributed by atoms with van der Waals surface area (Å²) in [5, 5.41) is 17.1. The molecule has 13 heavy (non-hydrogen) atoms. The predicted octanol–water partition coefficient (Wildman–Crippen LogP) is 1.70. The molecule has 66 valence electrons. The van der Waals surface area contributed by atoms with Crippen molar-refractivity contribution in [2.75, 3.05) is 6.61 Å². The minimum atomic E-state index is -0.433. The maximum atomic E-state index is 12.6. The van der Waals surface area contributed by atoms with Crippen LogP contribution in [0.3, 0.4) is 0 Å². The second kappa shape index (κ2) is 4.39. The molecular formula is C10H8FNO. The highest BCUT2D eigenvalue weighted by molar-refractivity contribution is 5.57. The molecule has 0 aliphatic carbocycles. The lowest BCUT2D eigenvalue weighted by Gasteiger charge is -1.96. The maximum Gasteiger partial charge on any atom is 0.124 e. The summed E-state index contributed by atoms with van der Waals surface area (Å²) in [6.45, 7) is -0.0950. The maximum absolute atomic E-state index is 12.6. The quantitative estimate of drug-likeness (QED) is 0.747. The third-order valence-corrected chi connectivity index (χ3v) is 1.54. The van der Waals surface area contributed by atoms with Crippen molar-refractivity contribution in [3.05, 3.63) is 41.2 Å². The van der Waals surface area contributed by atoms with Gasteiger partial charge in [0, 0.05) is 0 Å². The van der Waals surface area contributed by atoms with Gasteiger partial charge in [-0.3, -0.25) is 0 Å². The lowest BCUT2D eigenvalue weighted by Crippen LogP contribution is -1.84. The van der Waals surface area contributed by atoms with Crippen molar-refractivity contribution in [3.63, 3.8) is 0 Å². The number of nitriles is 1. The van der Waals surface area contributed by atoms with Crippen LogP contribution in [0, 0.1) is 17.1 Å². The van der Waals surface area contributed by atoms with Crippen LogP contribution in [0.2, 0.25) is 0 Å². The molecule has 1 aromatic rings. The third-order valence-electron chi connectivity index (χ3n) is 1.54. The van der Waals surface area contributed by atoms with Crippen LogP contribution in [0.25, 0.3) is 6.08 Å². The van der Waals surface area contributed by atoms with Crippen LogP contribution in [-0.2, 0) is 0 Å². The molecular weight excluding hydrogens is 169 g/mol. The highest BCUT2D eigenvalue weighted by Crippen LogP contribution is 2.11. The lowest BCUT2D eigenvalue weighted by molar-refractivity contribution is 0.343. The first-order chi connectivity index (χ1) is 6.27. The van der Waals surface area contributed by atoms with E-state index in [9.17, 15) is 4.39 Å². The van der Waals surface area contributed by atoms with E-state index in [1.165, 1.54) is 18.2 Å². The summed E-state index contributed by atoms with van der Waals surface area (Å²) in [7, 11) is 0. The molecule has 0 aromatic heterocycles. The predicted molar refractivity (Wildman–Crippen MR) is 47.2 cm³/mol. The fourth-order valence-electron chi connectivity index (χ4n) is 0.950. The van der Waals surface area contributed by atoms with Gasteiger partial charge < -0.3 is 5.11 Å². The van der Waals surface area contributed by atoms with E-state index in [-0.39, 0.29) is 12.2 Å². The molecule has 0 aliphatic heterocycles. The second-order valence-electron chi connectivity index (χ2n) is 2.43. The zero-order valence-corrected chi connectivity index (χ0v) is 6.87. The van der Waals surface area contributed by atoms with Crippen molar-refractivity contribution in [2.24, 2.45) is 0 Å². The molecule has 0 atom stereocenters. The Bertz CT molecular complexity index is 366. The largest absolute Gasteiger partial charge is 0.392 e. The van der Waals surface area contributed by atoms with E-state index in [4.69, 9.17) is 10.4 Å². The van der Waals surface area contributed by atoms with Crippen molar-refractivity contribution < 1.29 is 9.50 Å². The molecule has 0 heterocycles. The van der Waals surface area contributed by atoms with Gasteiger partial charge in [-0.25, -0.2) is 4.39 Å². The Labute approximate surface area is 75.6 Å². The lowest BCUT2D eigenvalue weighted by atomic mass is 10.1. The van der Waals surface area contributed by atoms with Crippen LogP contribution in [0.1, 0.15) is 11.1 Å². The summed E-state index contributed by atoms with van der Waals surface area (Å²) in [6.07, 6.45) is 3.08. The Kier molecular flexibility index (Phi) is 3.18. The average Bonchev–Trinajstić information content (AvgIpc) is 2.16. The zero-order valence-electron chi connectivity index (χ0n) is 6.87. The van der Waals surface area contributed by atoms with Crippen molar-refractivity contribution in [2.45, 2.75) is 0 Å². The number of rotatable bonds is 2. The van der Waals surface area contributed by atoms with Gasteiger partial charge in [0.1, 0.15) is 5.82 Å². The summed E-state index contributed by atoms with van der Waals surface area (Å²) in [4.78, 5) is 0. The normalized spacial score (nSPS) is 10.2. The van der Waals surface area contributed by atoms with E-state index in [0.717, 1.165) is 6.07 Å². The smallest absolute Gasteiger partial charge is 0.124 e. The third kappa shape index (κ3) is 2.39. The molecule has 0 radical (unpaired) electrons. The highest BCUT2D eigenvalue weighted by Gasteiger charge is 1.99. The molecule has 0 unspecified atom stereocenters. The van der Waals surface area contributed by atoms with E-state index in [0.29, 0.717) is 5.56 Å². The summed E-state index contributed by atoms with van der Waals surface area (Å²) < 4.78 is 12.6. The van der Waals surface area contributed by atoms with Crippen LogP contribution in [0.5, 0.6) is 0 Å². The van der Waals surface area contributed by atoms with Gasteiger partial charge in [-0.05, 0) is 17.7 Å². The van der Waals surface area contributed by atoms with Gasteiger partial charge in [-0.1, -0.05) is 18.2 Å². The molecule has 0 amide bonds. The van der Waals surface area contributed by atoms with Gasteiger partial charge >= 0.3 is 0 Å². The summed E-state index contributed by atoms with van der Waals surface area (Å²) in [5.41, 5.74) is 0.877. The standard InChI is InChI=1S/C10H8FNO/c11-10-4-3-8(2-1-5-13)9(6-10)7-12/h1-4,6,13H,5H2. The van der Waals surface area contributed by atoms with Crippen LogP contribution >= 0.6 is 0 Å². The average molecular weight is 177 g/mol. The van der Waals surface area contributed by atoms with E-state index in [1.54, 1.807) is 6.08 Å². The number of benzene rings is 1. The van der Waals surface area contributed by atoms with Crippen molar-refractivity contribution >= 4 is 6.08 Å². The van der Waals surface area contributed by atoms with Gasteiger partial charge in [-0.15, -0.1) is 0 Å². The molecule has 0 aliphatic rings. The van der Waals surface area contributed by atoms with Crippen LogP contribution in [-0.4, -0.2) is 11.7 Å². The molecule has 2 nitrogen and oxygen atoms in total. The molecule has 0 saturated carbocycles. The molecule has 0 saturated heterocycles. The minimum Gasteiger partial charge on any atom is -0.392 e.